The number of carbonyl (C=O) groups excluding carboxylic acids is 2. The lowest BCUT2D eigenvalue weighted by Crippen LogP contribution is -2.38. The Morgan fingerprint density at radius 3 is 2.76 bits per heavy atom. The van der Waals surface area contributed by atoms with Gasteiger partial charge in [-0.1, -0.05) is 0 Å². The van der Waals surface area contributed by atoms with E-state index in [1.54, 1.807) is 32.6 Å². The van der Waals surface area contributed by atoms with Gasteiger partial charge in [-0.15, -0.1) is 0 Å². The zero-order valence-electron chi connectivity index (χ0n) is 12.0. The summed E-state index contributed by atoms with van der Waals surface area (Å²) in [5.41, 5.74) is 1.19. The molecule has 0 saturated heterocycles. The van der Waals surface area contributed by atoms with Gasteiger partial charge in [0.15, 0.2) is 0 Å². The molecule has 0 saturated carbocycles. The van der Waals surface area contributed by atoms with Crippen LogP contribution in [0.3, 0.4) is 0 Å². The lowest BCUT2D eigenvalue weighted by molar-refractivity contribution is -0.120. The first-order valence-electron chi connectivity index (χ1n) is 6.57. The summed E-state index contributed by atoms with van der Waals surface area (Å²) in [4.78, 5) is 27.4. The van der Waals surface area contributed by atoms with Crippen molar-refractivity contribution < 1.29 is 9.59 Å². The second-order valence-corrected chi connectivity index (χ2v) is 4.63. The number of nitrogens with zero attached hydrogens (tertiary/aromatic N) is 4. The van der Waals surface area contributed by atoms with Gasteiger partial charge in [-0.05, 0) is 13.0 Å². The zero-order valence-corrected chi connectivity index (χ0v) is 12.0. The summed E-state index contributed by atoms with van der Waals surface area (Å²) in [5.74, 6) is -0.551. The summed E-state index contributed by atoms with van der Waals surface area (Å²) in [7, 11) is 1.69. The fourth-order valence-corrected chi connectivity index (χ4v) is 1.88. The van der Waals surface area contributed by atoms with Crippen LogP contribution in [0.4, 0.5) is 0 Å². The minimum Gasteiger partial charge on any atom is -0.353 e. The minimum atomic E-state index is -0.317. The first-order chi connectivity index (χ1) is 10.1. The van der Waals surface area contributed by atoms with Crippen LogP contribution < -0.4 is 10.6 Å². The molecule has 2 N–H and O–H groups in total. The van der Waals surface area contributed by atoms with Crippen LogP contribution >= 0.6 is 0 Å². The smallest absolute Gasteiger partial charge is 0.269 e. The van der Waals surface area contributed by atoms with Crippen LogP contribution in [0.2, 0.25) is 0 Å². The van der Waals surface area contributed by atoms with E-state index in [9.17, 15) is 9.59 Å². The molecule has 21 heavy (non-hydrogen) atoms. The highest BCUT2D eigenvalue weighted by Gasteiger charge is 2.12. The molecule has 112 valence electrons. The van der Waals surface area contributed by atoms with Crippen molar-refractivity contribution in [3.8, 4) is 0 Å². The molecule has 2 amide bonds. The number of aryl methyl sites for hydroxylation is 2. The third-order valence-corrected chi connectivity index (χ3v) is 2.90. The van der Waals surface area contributed by atoms with Gasteiger partial charge in [0.25, 0.3) is 5.91 Å². The highest BCUT2D eigenvalue weighted by molar-refractivity contribution is 5.95. The van der Waals surface area contributed by atoms with E-state index in [2.05, 4.69) is 20.7 Å². The Hall–Kier alpha value is -2.64. The highest BCUT2D eigenvalue weighted by atomic mass is 16.2. The SMILES string of the molecule is Cc1cc(C(=O)NCC(=O)NCCn2ccnc2)n(C)n1. The van der Waals surface area contributed by atoms with E-state index < -0.39 is 0 Å². The summed E-state index contributed by atoms with van der Waals surface area (Å²) >= 11 is 0. The number of amides is 2. The molecule has 0 spiro atoms. The van der Waals surface area contributed by atoms with Crippen LogP contribution in [0.25, 0.3) is 0 Å². The fourth-order valence-electron chi connectivity index (χ4n) is 1.88. The third kappa shape index (κ3) is 4.16. The molecule has 0 unspecified atom stereocenters. The average molecular weight is 290 g/mol. The summed E-state index contributed by atoms with van der Waals surface area (Å²) in [6, 6.07) is 1.67. The number of hydrogen-bond acceptors (Lipinski definition) is 4. The quantitative estimate of drug-likeness (QED) is 0.748. The van der Waals surface area contributed by atoms with Crippen molar-refractivity contribution in [1.29, 1.82) is 0 Å². The molecular formula is C13H18N6O2. The second kappa shape index (κ2) is 6.69. The molecule has 0 atom stereocenters. The number of rotatable bonds is 6. The predicted octanol–water partition coefficient (Wildman–Crippen LogP) is -0.529. The van der Waals surface area contributed by atoms with Crippen molar-refractivity contribution in [3.63, 3.8) is 0 Å². The van der Waals surface area contributed by atoms with E-state index in [0.717, 1.165) is 5.69 Å². The van der Waals surface area contributed by atoms with E-state index in [0.29, 0.717) is 18.8 Å². The minimum absolute atomic E-state index is 0.0625. The number of nitrogens with one attached hydrogen (secondary N) is 2. The molecule has 0 aliphatic carbocycles. The molecule has 2 rings (SSSR count). The Bertz CT molecular complexity index is 617. The Kier molecular flexibility index (Phi) is 4.70. The van der Waals surface area contributed by atoms with Crippen molar-refractivity contribution in [1.82, 2.24) is 30.0 Å². The lowest BCUT2D eigenvalue weighted by atomic mass is 10.3. The Morgan fingerprint density at radius 1 is 1.33 bits per heavy atom. The van der Waals surface area contributed by atoms with Gasteiger partial charge in [0.05, 0.1) is 18.6 Å². The standard InChI is InChI=1S/C13H18N6O2/c1-10-7-11(18(2)17-10)13(21)16-8-12(20)15-4-6-19-5-3-14-9-19/h3,5,7,9H,4,6,8H2,1-2H3,(H,15,20)(H,16,21). The highest BCUT2D eigenvalue weighted by Crippen LogP contribution is 2.00. The number of carbonyl (C=O) groups is 2. The molecule has 0 aliphatic heterocycles. The van der Waals surface area contributed by atoms with E-state index in [1.807, 2.05) is 10.8 Å². The van der Waals surface area contributed by atoms with Crippen molar-refractivity contribution in [3.05, 3.63) is 36.2 Å². The molecule has 8 nitrogen and oxygen atoms in total. The molecule has 0 bridgehead atoms. The van der Waals surface area contributed by atoms with Gasteiger partial charge >= 0.3 is 0 Å². The third-order valence-electron chi connectivity index (χ3n) is 2.90. The van der Waals surface area contributed by atoms with Crippen LogP contribution in [0.15, 0.2) is 24.8 Å². The van der Waals surface area contributed by atoms with Gasteiger partial charge in [0, 0.05) is 32.5 Å². The van der Waals surface area contributed by atoms with Crippen LogP contribution in [-0.2, 0) is 18.4 Å². The number of imidazole rings is 1. The van der Waals surface area contributed by atoms with Crippen molar-refractivity contribution in [2.45, 2.75) is 13.5 Å². The Morgan fingerprint density at radius 2 is 2.14 bits per heavy atom. The Labute approximate surface area is 122 Å². The summed E-state index contributed by atoms with van der Waals surface area (Å²) in [6.07, 6.45) is 5.18. The second-order valence-electron chi connectivity index (χ2n) is 4.63. The van der Waals surface area contributed by atoms with Crippen LogP contribution in [0.5, 0.6) is 0 Å². The van der Waals surface area contributed by atoms with Crippen molar-refractivity contribution in [2.24, 2.45) is 7.05 Å². The van der Waals surface area contributed by atoms with Crippen LogP contribution in [0.1, 0.15) is 16.2 Å². The van der Waals surface area contributed by atoms with E-state index in [4.69, 9.17) is 0 Å². The number of hydrogen-bond donors (Lipinski definition) is 2. The zero-order chi connectivity index (χ0) is 15.2. The van der Waals surface area contributed by atoms with Gasteiger partial charge in [-0.3, -0.25) is 14.3 Å². The van der Waals surface area contributed by atoms with Gasteiger partial charge in [0.1, 0.15) is 5.69 Å². The van der Waals surface area contributed by atoms with E-state index >= 15 is 0 Å². The molecule has 0 aromatic carbocycles. The maximum atomic E-state index is 11.9. The molecule has 0 aliphatic rings. The molecule has 0 fully saturated rings. The summed E-state index contributed by atoms with van der Waals surface area (Å²) in [5, 5.41) is 9.37. The van der Waals surface area contributed by atoms with Crippen LogP contribution in [-0.4, -0.2) is 44.2 Å². The normalized spacial score (nSPS) is 10.4. The summed E-state index contributed by atoms with van der Waals surface area (Å²) < 4.78 is 3.35. The van der Waals surface area contributed by atoms with Crippen LogP contribution in [0, 0.1) is 6.92 Å². The number of aromatic nitrogens is 4. The van der Waals surface area contributed by atoms with Gasteiger partial charge in [-0.25, -0.2) is 4.98 Å². The van der Waals surface area contributed by atoms with Gasteiger partial charge < -0.3 is 15.2 Å². The van der Waals surface area contributed by atoms with Crippen molar-refractivity contribution in [2.75, 3.05) is 13.1 Å². The van der Waals surface area contributed by atoms with E-state index in [-0.39, 0.29) is 18.4 Å². The maximum absolute atomic E-state index is 11.9. The van der Waals surface area contributed by atoms with Gasteiger partial charge in [-0.2, -0.15) is 5.10 Å². The molecule has 2 aromatic rings. The fraction of sp³-hybridized carbons (Fsp3) is 0.385. The molecule has 2 aromatic heterocycles. The predicted molar refractivity (Wildman–Crippen MR) is 75.5 cm³/mol. The first kappa shape index (κ1) is 14.8. The monoisotopic (exact) mass is 290 g/mol. The maximum Gasteiger partial charge on any atom is 0.269 e. The molecular weight excluding hydrogens is 272 g/mol. The van der Waals surface area contributed by atoms with Crippen molar-refractivity contribution >= 4 is 11.8 Å². The van der Waals surface area contributed by atoms with E-state index in [1.165, 1.54) is 4.68 Å². The van der Waals surface area contributed by atoms with Gasteiger partial charge in [0.2, 0.25) is 5.91 Å². The molecule has 0 radical (unpaired) electrons. The molecule has 8 heteroatoms. The largest absolute Gasteiger partial charge is 0.353 e. The Balaban J connectivity index is 1.71. The topological polar surface area (TPSA) is 93.8 Å². The first-order valence-corrected chi connectivity index (χ1v) is 6.57. The summed E-state index contributed by atoms with van der Waals surface area (Å²) in [6.45, 7) is 2.86. The molecule has 2 heterocycles. The lowest BCUT2D eigenvalue weighted by Gasteiger charge is -2.07. The average Bonchev–Trinajstić information content (AvgIpc) is 3.06.